The lowest BCUT2D eigenvalue weighted by molar-refractivity contribution is -0.121. The second kappa shape index (κ2) is 10.1. The summed E-state index contributed by atoms with van der Waals surface area (Å²) in [6.07, 6.45) is 2.13. The molecule has 8 nitrogen and oxygen atoms in total. The first kappa shape index (κ1) is 20.2. The number of hydrogen-bond donors (Lipinski definition) is 2. The molecule has 0 spiro atoms. The summed E-state index contributed by atoms with van der Waals surface area (Å²) in [6.45, 7) is 1.03. The average Bonchev–Trinajstić information content (AvgIpc) is 3.20. The van der Waals surface area contributed by atoms with Gasteiger partial charge >= 0.3 is 0 Å². The number of rotatable bonds is 9. The molecule has 0 fully saturated rings. The number of hydrogen-bond acceptors (Lipinski definition) is 5. The quantitative estimate of drug-likeness (QED) is 0.652. The van der Waals surface area contributed by atoms with Crippen LogP contribution in [0.3, 0.4) is 0 Å². The number of ether oxygens (including phenoxy) is 1. The van der Waals surface area contributed by atoms with E-state index in [1.165, 1.54) is 11.2 Å². The summed E-state index contributed by atoms with van der Waals surface area (Å²) in [4.78, 5) is 37.5. The van der Waals surface area contributed by atoms with Gasteiger partial charge in [0.15, 0.2) is 5.76 Å². The van der Waals surface area contributed by atoms with Crippen molar-refractivity contribution in [1.82, 2.24) is 10.2 Å². The maximum atomic E-state index is 12.4. The Bertz CT molecular complexity index is 756. The van der Waals surface area contributed by atoms with E-state index in [4.69, 9.17) is 9.15 Å². The summed E-state index contributed by atoms with van der Waals surface area (Å²) in [5.41, 5.74) is 0.951. The molecule has 144 valence electrons. The number of carbonyl (C=O) groups is 3. The minimum absolute atomic E-state index is 0.0389. The van der Waals surface area contributed by atoms with E-state index in [0.717, 1.165) is 0 Å². The lowest BCUT2D eigenvalue weighted by Crippen LogP contribution is -2.38. The molecule has 3 amide bonds. The standard InChI is InChI=1S/C19H23N3O5/c1-22(13-17(23)20-10-4-11-26-2)19(25)14-6-8-15(9-7-14)21-18(24)16-5-3-12-27-16/h3,5-9,12H,4,10-11,13H2,1-2H3,(H,20,23)(H,21,24). The SMILES string of the molecule is COCCCNC(=O)CN(C)C(=O)c1ccc(NC(=O)c2ccco2)cc1. The molecule has 1 aromatic carbocycles. The van der Waals surface area contributed by atoms with Crippen molar-refractivity contribution in [3.05, 3.63) is 54.0 Å². The second-order valence-electron chi connectivity index (χ2n) is 5.87. The molecule has 0 radical (unpaired) electrons. The van der Waals surface area contributed by atoms with Crippen molar-refractivity contribution in [2.45, 2.75) is 6.42 Å². The van der Waals surface area contributed by atoms with Crippen LogP contribution in [0.2, 0.25) is 0 Å². The third kappa shape index (κ3) is 6.27. The zero-order chi connectivity index (χ0) is 19.6. The average molecular weight is 373 g/mol. The number of benzene rings is 1. The molecule has 0 saturated heterocycles. The van der Waals surface area contributed by atoms with Crippen LogP contribution >= 0.6 is 0 Å². The topological polar surface area (TPSA) is 101 Å². The molecular formula is C19H23N3O5. The first-order valence-electron chi connectivity index (χ1n) is 8.47. The Morgan fingerprint density at radius 2 is 1.89 bits per heavy atom. The van der Waals surface area contributed by atoms with Crippen LogP contribution in [0, 0.1) is 0 Å². The number of amides is 3. The third-order valence-corrected chi connectivity index (χ3v) is 3.71. The Hall–Kier alpha value is -3.13. The molecule has 1 heterocycles. The van der Waals surface area contributed by atoms with Gasteiger partial charge in [0.1, 0.15) is 0 Å². The lowest BCUT2D eigenvalue weighted by atomic mass is 10.2. The summed E-state index contributed by atoms with van der Waals surface area (Å²) in [6, 6.07) is 9.60. The molecule has 0 unspecified atom stereocenters. The molecule has 0 aliphatic heterocycles. The van der Waals surface area contributed by atoms with Gasteiger partial charge in [0.25, 0.3) is 11.8 Å². The number of nitrogens with zero attached hydrogens (tertiary/aromatic N) is 1. The van der Waals surface area contributed by atoms with E-state index in [0.29, 0.717) is 30.8 Å². The number of methoxy groups -OCH3 is 1. The Morgan fingerprint density at radius 1 is 1.15 bits per heavy atom. The van der Waals surface area contributed by atoms with Gasteiger partial charge in [-0.25, -0.2) is 0 Å². The van der Waals surface area contributed by atoms with Gasteiger partial charge in [-0.1, -0.05) is 0 Å². The molecular weight excluding hydrogens is 350 g/mol. The number of furan rings is 1. The maximum absolute atomic E-state index is 12.4. The number of carbonyl (C=O) groups excluding carboxylic acids is 3. The zero-order valence-electron chi connectivity index (χ0n) is 15.4. The summed E-state index contributed by atoms with van der Waals surface area (Å²) < 4.78 is 9.93. The third-order valence-electron chi connectivity index (χ3n) is 3.71. The molecule has 2 N–H and O–H groups in total. The van der Waals surface area contributed by atoms with Crippen LogP contribution in [0.5, 0.6) is 0 Å². The molecule has 0 atom stereocenters. The molecule has 0 saturated carbocycles. The second-order valence-corrected chi connectivity index (χ2v) is 5.87. The van der Waals surface area contributed by atoms with Crippen LogP contribution in [0.25, 0.3) is 0 Å². The fraction of sp³-hybridized carbons (Fsp3) is 0.316. The Kier molecular flexibility index (Phi) is 7.57. The van der Waals surface area contributed by atoms with Crippen molar-refractivity contribution < 1.29 is 23.5 Å². The van der Waals surface area contributed by atoms with E-state index >= 15 is 0 Å². The minimum Gasteiger partial charge on any atom is -0.459 e. The van der Waals surface area contributed by atoms with E-state index in [2.05, 4.69) is 10.6 Å². The fourth-order valence-electron chi connectivity index (χ4n) is 2.30. The Balaban J connectivity index is 1.85. The van der Waals surface area contributed by atoms with Gasteiger partial charge in [0.2, 0.25) is 5.91 Å². The first-order chi connectivity index (χ1) is 13.0. The molecule has 1 aromatic heterocycles. The van der Waals surface area contributed by atoms with Crippen molar-refractivity contribution in [2.24, 2.45) is 0 Å². The largest absolute Gasteiger partial charge is 0.459 e. The normalized spacial score (nSPS) is 10.3. The Labute approximate surface area is 157 Å². The molecule has 27 heavy (non-hydrogen) atoms. The van der Waals surface area contributed by atoms with Gasteiger partial charge in [-0.3, -0.25) is 14.4 Å². The molecule has 8 heteroatoms. The highest BCUT2D eigenvalue weighted by Crippen LogP contribution is 2.13. The van der Waals surface area contributed by atoms with Crippen molar-refractivity contribution in [3.8, 4) is 0 Å². The van der Waals surface area contributed by atoms with E-state index < -0.39 is 0 Å². The molecule has 0 bridgehead atoms. The smallest absolute Gasteiger partial charge is 0.291 e. The monoisotopic (exact) mass is 373 g/mol. The van der Waals surface area contributed by atoms with E-state index in [1.807, 2.05) is 0 Å². The molecule has 2 rings (SSSR count). The zero-order valence-corrected chi connectivity index (χ0v) is 15.4. The van der Waals surface area contributed by atoms with E-state index in [1.54, 1.807) is 50.6 Å². The predicted octanol–water partition coefficient (Wildman–Crippen LogP) is 1.76. The van der Waals surface area contributed by atoms with Crippen molar-refractivity contribution >= 4 is 23.4 Å². The highest BCUT2D eigenvalue weighted by molar-refractivity contribution is 6.02. The number of anilines is 1. The maximum Gasteiger partial charge on any atom is 0.291 e. The van der Waals surface area contributed by atoms with Crippen LogP contribution in [-0.4, -0.2) is 56.5 Å². The highest BCUT2D eigenvalue weighted by Gasteiger charge is 2.15. The van der Waals surface area contributed by atoms with Gasteiger partial charge < -0.3 is 24.7 Å². The van der Waals surface area contributed by atoms with E-state index in [9.17, 15) is 14.4 Å². The van der Waals surface area contributed by atoms with Crippen LogP contribution in [0.4, 0.5) is 5.69 Å². The number of likely N-dealkylation sites (N-methyl/N-ethyl adjacent to an activating group) is 1. The summed E-state index contributed by atoms with van der Waals surface area (Å²) in [5, 5.41) is 5.40. The molecule has 0 aliphatic rings. The van der Waals surface area contributed by atoms with Gasteiger partial charge in [-0.05, 0) is 42.8 Å². The van der Waals surface area contributed by atoms with E-state index in [-0.39, 0.29) is 30.0 Å². The summed E-state index contributed by atoms with van der Waals surface area (Å²) in [7, 11) is 3.16. The van der Waals surface area contributed by atoms with Crippen LogP contribution in [0.1, 0.15) is 27.3 Å². The van der Waals surface area contributed by atoms with Crippen molar-refractivity contribution in [3.63, 3.8) is 0 Å². The summed E-state index contributed by atoms with van der Waals surface area (Å²) >= 11 is 0. The first-order valence-corrected chi connectivity index (χ1v) is 8.47. The van der Waals surface area contributed by atoms with Crippen LogP contribution in [-0.2, 0) is 9.53 Å². The molecule has 2 aromatic rings. The van der Waals surface area contributed by atoms with Gasteiger partial charge in [-0.2, -0.15) is 0 Å². The summed E-state index contributed by atoms with van der Waals surface area (Å²) in [5.74, 6) is -0.692. The highest BCUT2D eigenvalue weighted by atomic mass is 16.5. The van der Waals surface area contributed by atoms with Crippen LogP contribution in [0.15, 0.2) is 47.1 Å². The van der Waals surface area contributed by atoms with Crippen molar-refractivity contribution in [2.75, 3.05) is 39.2 Å². The number of nitrogens with one attached hydrogen (secondary N) is 2. The van der Waals surface area contributed by atoms with Gasteiger partial charge in [0, 0.05) is 38.6 Å². The fourth-order valence-corrected chi connectivity index (χ4v) is 2.30. The predicted molar refractivity (Wildman–Crippen MR) is 99.6 cm³/mol. The van der Waals surface area contributed by atoms with Gasteiger partial charge in [-0.15, -0.1) is 0 Å². The molecule has 0 aliphatic carbocycles. The van der Waals surface area contributed by atoms with Gasteiger partial charge in [0.05, 0.1) is 12.8 Å². The van der Waals surface area contributed by atoms with Crippen molar-refractivity contribution in [1.29, 1.82) is 0 Å². The lowest BCUT2D eigenvalue weighted by Gasteiger charge is -2.17. The minimum atomic E-state index is -0.374. The Morgan fingerprint density at radius 3 is 2.52 bits per heavy atom. The van der Waals surface area contributed by atoms with Crippen LogP contribution < -0.4 is 10.6 Å².